The second-order valence-corrected chi connectivity index (χ2v) is 7.01. The molecule has 2 aliphatic rings. The molecule has 0 bridgehead atoms. The Morgan fingerprint density at radius 3 is 2.33 bits per heavy atom. The zero-order valence-corrected chi connectivity index (χ0v) is 13.4. The molecule has 0 saturated carbocycles. The van der Waals surface area contributed by atoms with Gasteiger partial charge in [-0.05, 0) is 57.6 Å². The second kappa shape index (κ2) is 4.58. The van der Waals surface area contributed by atoms with E-state index in [9.17, 15) is 4.79 Å². The number of hydrogen-bond acceptors (Lipinski definition) is 3. The monoisotopic (exact) mass is 287 g/mol. The van der Waals surface area contributed by atoms with Crippen LogP contribution >= 0.6 is 0 Å². The highest BCUT2D eigenvalue weighted by molar-refractivity contribution is 6.62. The van der Waals surface area contributed by atoms with Gasteiger partial charge in [-0.15, -0.1) is 0 Å². The smallest absolute Gasteiger partial charge is 0.399 e. The average molecular weight is 287 g/mol. The predicted molar refractivity (Wildman–Crippen MR) is 83.8 cm³/mol. The van der Waals surface area contributed by atoms with Crippen molar-refractivity contribution in [3.63, 3.8) is 0 Å². The quantitative estimate of drug-likeness (QED) is 0.805. The minimum atomic E-state index is -0.350. The van der Waals surface area contributed by atoms with E-state index in [0.717, 1.165) is 23.1 Å². The van der Waals surface area contributed by atoms with Gasteiger partial charge in [-0.3, -0.25) is 4.79 Å². The predicted octanol–water partition coefficient (Wildman–Crippen LogP) is 2.18. The van der Waals surface area contributed by atoms with Crippen LogP contribution in [0.3, 0.4) is 0 Å². The van der Waals surface area contributed by atoms with Crippen molar-refractivity contribution in [2.45, 2.75) is 58.7 Å². The molecule has 112 valence electrons. The third-order valence-corrected chi connectivity index (χ3v) is 4.85. The summed E-state index contributed by atoms with van der Waals surface area (Å²) in [7, 11) is -0.350. The van der Waals surface area contributed by atoms with Crippen molar-refractivity contribution in [2.24, 2.45) is 0 Å². The summed E-state index contributed by atoms with van der Waals surface area (Å²) in [6.45, 7) is 10.2. The van der Waals surface area contributed by atoms with E-state index < -0.39 is 0 Å². The molecule has 1 amide bonds. The number of carbonyl (C=O) groups excluding carboxylic acids is 1. The zero-order valence-electron chi connectivity index (χ0n) is 13.4. The molecule has 4 nitrogen and oxygen atoms in total. The molecule has 21 heavy (non-hydrogen) atoms. The number of rotatable bonds is 1. The van der Waals surface area contributed by atoms with E-state index >= 15 is 0 Å². The molecular weight excluding hydrogens is 265 g/mol. The van der Waals surface area contributed by atoms with Crippen LogP contribution in [0.15, 0.2) is 12.1 Å². The van der Waals surface area contributed by atoms with Gasteiger partial charge in [0.25, 0.3) is 0 Å². The summed E-state index contributed by atoms with van der Waals surface area (Å²) in [4.78, 5) is 11.5. The van der Waals surface area contributed by atoms with Gasteiger partial charge in [0.2, 0.25) is 5.91 Å². The minimum absolute atomic E-state index is 0.0917. The van der Waals surface area contributed by atoms with Crippen LogP contribution in [0.5, 0.6) is 0 Å². The Morgan fingerprint density at radius 1 is 1.10 bits per heavy atom. The number of amides is 1. The van der Waals surface area contributed by atoms with Crippen LogP contribution in [0.1, 0.15) is 45.2 Å². The highest BCUT2D eigenvalue weighted by atomic mass is 16.7. The van der Waals surface area contributed by atoms with Gasteiger partial charge in [0.1, 0.15) is 0 Å². The van der Waals surface area contributed by atoms with Crippen LogP contribution in [0.2, 0.25) is 0 Å². The standard InChI is InChI=1S/C16H22BNO3/c1-10-8-12(9-11-6-7-13(19)18-14(10)11)17-20-15(2,3)16(4,5)21-17/h8-9H,6-7H2,1-5H3,(H,18,19). The lowest BCUT2D eigenvalue weighted by Gasteiger charge is -2.32. The van der Waals surface area contributed by atoms with Gasteiger partial charge in [-0.1, -0.05) is 12.1 Å². The molecule has 2 heterocycles. The number of anilines is 1. The fourth-order valence-corrected chi connectivity index (χ4v) is 2.83. The molecule has 1 fully saturated rings. The zero-order chi connectivity index (χ0) is 15.4. The first-order valence-corrected chi connectivity index (χ1v) is 7.48. The van der Waals surface area contributed by atoms with Crippen LogP contribution in [0, 0.1) is 6.92 Å². The third kappa shape index (κ3) is 2.38. The molecule has 3 rings (SSSR count). The highest BCUT2D eigenvalue weighted by Gasteiger charge is 2.51. The topological polar surface area (TPSA) is 47.6 Å². The van der Waals surface area contributed by atoms with Crippen LogP contribution in [0.4, 0.5) is 5.69 Å². The Hall–Kier alpha value is -1.33. The second-order valence-electron chi connectivity index (χ2n) is 7.01. The lowest BCUT2D eigenvalue weighted by Crippen LogP contribution is -2.41. The molecule has 0 aliphatic carbocycles. The van der Waals surface area contributed by atoms with Gasteiger partial charge in [-0.25, -0.2) is 0 Å². The van der Waals surface area contributed by atoms with E-state index in [1.807, 2.05) is 13.0 Å². The number of hydrogen-bond donors (Lipinski definition) is 1. The molecule has 5 heteroatoms. The van der Waals surface area contributed by atoms with E-state index in [2.05, 4.69) is 39.1 Å². The summed E-state index contributed by atoms with van der Waals surface area (Å²) in [5, 5.41) is 2.96. The molecule has 0 unspecified atom stereocenters. The molecular formula is C16H22BNO3. The molecule has 1 N–H and O–H groups in total. The van der Waals surface area contributed by atoms with Gasteiger partial charge < -0.3 is 14.6 Å². The Labute approximate surface area is 126 Å². The lowest BCUT2D eigenvalue weighted by atomic mass is 9.76. The SMILES string of the molecule is Cc1cc(B2OC(C)(C)C(C)(C)O2)cc2c1NC(=O)CC2. The first kappa shape index (κ1) is 14.6. The molecule has 0 spiro atoms. The Morgan fingerprint density at radius 2 is 1.71 bits per heavy atom. The van der Waals surface area contributed by atoms with E-state index in [4.69, 9.17) is 9.31 Å². The maximum Gasteiger partial charge on any atom is 0.494 e. The minimum Gasteiger partial charge on any atom is -0.399 e. The van der Waals surface area contributed by atoms with Crippen LogP contribution in [-0.4, -0.2) is 24.2 Å². The van der Waals surface area contributed by atoms with Crippen molar-refractivity contribution in [3.8, 4) is 0 Å². The summed E-state index contributed by atoms with van der Waals surface area (Å²) >= 11 is 0. The number of benzene rings is 1. The van der Waals surface area contributed by atoms with Gasteiger partial charge >= 0.3 is 7.12 Å². The summed E-state index contributed by atoms with van der Waals surface area (Å²) in [6.07, 6.45) is 1.31. The Balaban J connectivity index is 1.95. The maximum atomic E-state index is 11.5. The summed E-state index contributed by atoms with van der Waals surface area (Å²) in [5.74, 6) is 0.0917. The molecule has 1 aromatic rings. The van der Waals surface area contributed by atoms with Crippen molar-refractivity contribution in [2.75, 3.05) is 5.32 Å². The molecule has 1 saturated heterocycles. The van der Waals surface area contributed by atoms with Gasteiger partial charge in [0, 0.05) is 12.1 Å². The Bertz CT molecular complexity index is 594. The Kier molecular flexibility index (Phi) is 3.19. The third-order valence-electron chi connectivity index (χ3n) is 4.85. The number of nitrogens with one attached hydrogen (secondary N) is 1. The number of fused-ring (bicyclic) bond motifs is 1. The largest absolute Gasteiger partial charge is 0.494 e. The highest BCUT2D eigenvalue weighted by Crippen LogP contribution is 2.37. The number of carbonyl (C=O) groups is 1. The normalized spacial score (nSPS) is 22.9. The van der Waals surface area contributed by atoms with Crippen molar-refractivity contribution in [1.82, 2.24) is 0 Å². The van der Waals surface area contributed by atoms with Crippen molar-refractivity contribution < 1.29 is 14.1 Å². The lowest BCUT2D eigenvalue weighted by molar-refractivity contribution is -0.116. The van der Waals surface area contributed by atoms with Gasteiger partial charge in [0.05, 0.1) is 11.2 Å². The molecule has 2 aliphatic heterocycles. The summed E-state index contributed by atoms with van der Waals surface area (Å²) in [5.41, 5.74) is 3.53. The van der Waals surface area contributed by atoms with Gasteiger partial charge in [0.15, 0.2) is 0 Å². The first-order valence-electron chi connectivity index (χ1n) is 7.48. The van der Waals surface area contributed by atoms with Crippen LogP contribution in [0.25, 0.3) is 0 Å². The van der Waals surface area contributed by atoms with Crippen LogP contribution < -0.4 is 10.8 Å². The molecule has 0 atom stereocenters. The van der Waals surface area contributed by atoms with E-state index in [-0.39, 0.29) is 24.2 Å². The first-order chi connectivity index (χ1) is 9.69. The van der Waals surface area contributed by atoms with Gasteiger partial charge in [-0.2, -0.15) is 0 Å². The molecule has 0 radical (unpaired) electrons. The maximum absolute atomic E-state index is 11.5. The van der Waals surface area contributed by atoms with Crippen molar-refractivity contribution >= 4 is 24.2 Å². The molecule has 1 aromatic carbocycles. The molecule has 0 aromatic heterocycles. The van der Waals surface area contributed by atoms with E-state index in [1.165, 1.54) is 5.56 Å². The van der Waals surface area contributed by atoms with Crippen molar-refractivity contribution in [3.05, 3.63) is 23.3 Å². The van der Waals surface area contributed by atoms with E-state index in [1.54, 1.807) is 0 Å². The fourth-order valence-electron chi connectivity index (χ4n) is 2.83. The average Bonchev–Trinajstić information content (AvgIpc) is 2.59. The van der Waals surface area contributed by atoms with Crippen molar-refractivity contribution in [1.29, 1.82) is 0 Å². The number of aryl methyl sites for hydroxylation is 2. The fraction of sp³-hybridized carbons (Fsp3) is 0.562. The summed E-state index contributed by atoms with van der Waals surface area (Å²) < 4.78 is 12.2. The van der Waals surface area contributed by atoms with Crippen LogP contribution in [-0.2, 0) is 20.5 Å². The summed E-state index contributed by atoms with van der Waals surface area (Å²) in [6, 6.07) is 4.15. The van der Waals surface area contributed by atoms with E-state index in [0.29, 0.717) is 6.42 Å².